The first-order chi connectivity index (χ1) is 11.3. The first kappa shape index (κ1) is 16.9. The van der Waals surface area contributed by atoms with E-state index in [1.165, 1.54) is 6.92 Å². The molecule has 1 aliphatic carbocycles. The zero-order valence-corrected chi connectivity index (χ0v) is 14.0. The topological polar surface area (TPSA) is 72.2 Å². The van der Waals surface area contributed by atoms with Gasteiger partial charge in [-0.25, -0.2) is 21.9 Å². The summed E-state index contributed by atoms with van der Waals surface area (Å²) in [5.74, 6) is -1.87. The highest BCUT2D eigenvalue weighted by Crippen LogP contribution is 2.32. The Balaban J connectivity index is 1.96. The largest absolute Gasteiger partial charge is 0.399 e. The molecule has 0 radical (unpaired) electrons. The molecule has 0 spiro atoms. The maximum Gasteiger partial charge on any atom is 0.244 e. The first-order valence-corrected chi connectivity index (χ1v) is 9.12. The number of benzene rings is 2. The average Bonchev–Trinajstić information content (AvgIpc) is 2.50. The fraction of sp³-hybridized carbons (Fsp3) is 0.294. The van der Waals surface area contributed by atoms with E-state index < -0.39 is 32.6 Å². The lowest BCUT2D eigenvalue weighted by molar-refractivity contribution is 0.499. The predicted octanol–water partition coefficient (Wildman–Crippen LogP) is 3.21. The molecule has 0 bridgehead atoms. The van der Waals surface area contributed by atoms with Gasteiger partial charge in [-0.05, 0) is 61.1 Å². The Bertz CT molecular complexity index is 898. The van der Waals surface area contributed by atoms with Crippen molar-refractivity contribution in [3.8, 4) is 0 Å². The summed E-state index contributed by atoms with van der Waals surface area (Å²) in [4.78, 5) is -0.538. The molecular weight excluding hydrogens is 334 g/mol. The van der Waals surface area contributed by atoms with E-state index in [0.717, 1.165) is 30.0 Å². The van der Waals surface area contributed by atoms with Crippen molar-refractivity contribution in [2.45, 2.75) is 37.1 Å². The summed E-state index contributed by atoms with van der Waals surface area (Å²) in [6, 6.07) is 6.50. The third kappa shape index (κ3) is 3.14. The SMILES string of the molecule is Cc1cc(S(=O)(=O)NC2CCCc3cc(N)ccc32)c(F)cc1F. The highest BCUT2D eigenvalue weighted by Gasteiger charge is 2.28. The van der Waals surface area contributed by atoms with Crippen LogP contribution in [0.2, 0.25) is 0 Å². The van der Waals surface area contributed by atoms with E-state index in [-0.39, 0.29) is 5.56 Å². The Morgan fingerprint density at radius 2 is 1.92 bits per heavy atom. The van der Waals surface area contributed by atoms with Crippen molar-refractivity contribution in [1.29, 1.82) is 0 Å². The Hall–Kier alpha value is -1.99. The maximum atomic E-state index is 14.0. The minimum atomic E-state index is -4.11. The molecule has 0 saturated carbocycles. The Kier molecular flexibility index (Phi) is 4.31. The van der Waals surface area contributed by atoms with Gasteiger partial charge in [-0.15, -0.1) is 0 Å². The molecule has 1 aliphatic rings. The molecule has 1 unspecified atom stereocenters. The van der Waals surface area contributed by atoms with Crippen molar-refractivity contribution < 1.29 is 17.2 Å². The van der Waals surface area contributed by atoms with Crippen molar-refractivity contribution in [1.82, 2.24) is 4.72 Å². The van der Waals surface area contributed by atoms with Gasteiger partial charge in [0.05, 0.1) is 0 Å². The monoisotopic (exact) mass is 352 g/mol. The molecule has 0 amide bonds. The van der Waals surface area contributed by atoms with Crippen LogP contribution in [-0.4, -0.2) is 8.42 Å². The number of anilines is 1. The Morgan fingerprint density at radius 3 is 2.67 bits per heavy atom. The van der Waals surface area contributed by atoms with Gasteiger partial charge in [-0.2, -0.15) is 0 Å². The number of aryl methyl sites for hydroxylation is 2. The molecule has 7 heteroatoms. The molecular formula is C17H18F2N2O2S. The molecule has 1 atom stereocenters. The number of rotatable bonds is 3. The highest BCUT2D eigenvalue weighted by molar-refractivity contribution is 7.89. The van der Waals surface area contributed by atoms with E-state index in [1.807, 2.05) is 6.07 Å². The van der Waals surface area contributed by atoms with E-state index in [1.54, 1.807) is 12.1 Å². The number of fused-ring (bicyclic) bond motifs is 1. The van der Waals surface area contributed by atoms with Gasteiger partial charge in [0.2, 0.25) is 10.0 Å². The quantitative estimate of drug-likeness (QED) is 0.833. The number of nitrogens with two attached hydrogens (primary N) is 1. The molecule has 0 fully saturated rings. The number of hydrogen-bond donors (Lipinski definition) is 2. The second-order valence-electron chi connectivity index (χ2n) is 6.06. The zero-order valence-electron chi connectivity index (χ0n) is 13.1. The normalized spacial score (nSPS) is 17.5. The van der Waals surface area contributed by atoms with E-state index in [0.29, 0.717) is 18.2 Å². The van der Waals surface area contributed by atoms with Gasteiger partial charge in [0.15, 0.2) is 0 Å². The molecule has 128 valence electrons. The summed E-state index contributed by atoms with van der Waals surface area (Å²) in [5.41, 5.74) is 8.31. The molecule has 3 rings (SSSR count). The zero-order chi connectivity index (χ0) is 17.5. The Labute approximate surface area is 139 Å². The van der Waals surface area contributed by atoms with Crippen molar-refractivity contribution in [2.24, 2.45) is 0 Å². The number of halogens is 2. The van der Waals surface area contributed by atoms with Crippen molar-refractivity contribution in [3.63, 3.8) is 0 Å². The molecule has 0 aliphatic heterocycles. The molecule has 2 aromatic carbocycles. The number of nitrogen functional groups attached to an aromatic ring is 1. The van der Waals surface area contributed by atoms with Crippen LogP contribution in [0, 0.1) is 18.6 Å². The van der Waals surface area contributed by atoms with Gasteiger partial charge in [-0.3, -0.25) is 0 Å². The van der Waals surface area contributed by atoms with Gasteiger partial charge in [0.1, 0.15) is 16.5 Å². The van der Waals surface area contributed by atoms with Crippen molar-refractivity contribution in [2.75, 3.05) is 5.73 Å². The van der Waals surface area contributed by atoms with Crippen LogP contribution in [-0.2, 0) is 16.4 Å². The standard InChI is InChI=1S/C17H18F2N2O2S/c1-10-7-17(15(19)9-14(10)18)24(22,23)21-16-4-2-3-11-8-12(20)5-6-13(11)16/h5-9,16,21H,2-4,20H2,1H3. The molecule has 0 aromatic heterocycles. The summed E-state index contributed by atoms with van der Waals surface area (Å²) in [5, 5.41) is 0. The summed E-state index contributed by atoms with van der Waals surface area (Å²) in [7, 11) is -4.11. The first-order valence-electron chi connectivity index (χ1n) is 7.64. The fourth-order valence-corrected chi connectivity index (χ4v) is 4.44. The van der Waals surface area contributed by atoms with Crippen molar-refractivity contribution in [3.05, 3.63) is 58.7 Å². The van der Waals surface area contributed by atoms with Crippen LogP contribution in [0.3, 0.4) is 0 Å². The van der Waals surface area contributed by atoms with E-state index in [9.17, 15) is 17.2 Å². The minimum Gasteiger partial charge on any atom is -0.399 e. The fourth-order valence-electron chi connectivity index (χ4n) is 3.04. The summed E-state index contributed by atoms with van der Waals surface area (Å²) < 4.78 is 55.0. The van der Waals surface area contributed by atoms with Crippen LogP contribution in [0.1, 0.15) is 35.6 Å². The molecule has 4 nitrogen and oxygen atoms in total. The highest BCUT2D eigenvalue weighted by atomic mass is 32.2. The predicted molar refractivity (Wildman–Crippen MR) is 87.9 cm³/mol. The molecule has 2 aromatic rings. The van der Waals surface area contributed by atoms with Crippen LogP contribution in [0.5, 0.6) is 0 Å². The number of hydrogen-bond acceptors (Lipinski definition) is 3. The van der Waals surface area contributed by atoms with Crippen LogP contribution < -0.4 is 10.5 Å². The Morgan fingerprint density at radius 1 is 1.17 bits per heavy atom. The van der Waals surface area contributed by atoms with Gasteiger partial charge in [-0.1, -0.05) is 6.07 Å². The summed E-state index contributed by atoms with van der Waals surface area (Å²) in [6.07, 6.45) is 2.23. The number of sulfonamides is 1. The lowest BCUT2D eigenvalue weighted by atomic mass is 9.88. The minimum absolute atomic E-state index is 0.0774. The van der Waals surface area contributed by atoms with E-state index in [2.05, 4.69) is 4.72 Å². The van der Waals surface area contributed by atoms with Crippen LogP contribution >= 0.6 is 0 Å². The van der Waals surface area contributed by atoms with Crippen LogP contribution in [0.4, 0.5) is 14.5 Å². The van der Waals surface area contributed by atoms with Crippen LogP contribution in [0.25, 0.3) is 0 Å². The third-order valence-electron chi connectivity index (χ3n) is 4.28. The van der Waals surface area contributed by atoms with Gasteiger partial charge in [0, 0.05) is 17.8 Å². The second kappa shape index (κ2) is 6.14. The average molecular weight is 352 g/mol. The summed E-state index contributed by atoms with van der Waals surface area (Å²) >= 11 is 0. The molecule has 3 N–H and O–H groups in total. The molecule has 0 saturated heterocycles. The van der Waals surface area contributed by atoms with Crippen molar-refractivity contribution >= 4 is 15.7 Å². The lowest BCUT2D eigenvalue weighted by Gasteiger charge is -2.26. The van der Waals surface area contributed by atoms with Gasteiger partial charge >= 0.3 is 0 Å². The number of nitrogens with one attached hydrogen (secondary N) is 1. The molecule has 24 heavy (non-hydrogen) atoms. The second-order valence-corrected chi connectivity index (χ2v) is 7.74. The summed E-state index contributed by atoms with van der Waals surface area (Å²) in [6.45, 7) is 1.40. The third-order valence-corrected chi connectivity index (χ3v) is 5.77. The maximum absolute atomic E-state index is 14.0. The molecule has 0 heterocycles. The van der Waals surface area contributed by atoms with E-state index >= 15 is 0 Å². The van der Waals surface area contributed by atoms with Gasteiger partial charge < -0.3 is 5.73 Å². The van der Waals surface area contributed by atoms with Crippen LogP contribution in [0.15, 0.2) is 35.2 Å². The smallest absolute Gasteiger partial charge is 0.244 e. The van der Waals surface area contributed by atoms with Gasteiger partial charge in [0.25, 0.3) is 0 Å². The lowest BCUT2D eigenvalue weighted by Crippen LogP contribution is -2.31. The van der Waals surface area contributed by atoms with E-state index in [4.69, 9.17) is 5.73 Å².